The molecule has 4 heteroatoms. The first-order valence-electron chi connectivity index (χ1n) is 7.78. The van der Waals surface area contributed by atoms with E-state index in [0.29, 0.717) is 0 Å². The Morgan fingerprint density at radius 1 is 1.33 bits per heavy atom. The first kappa shape index (κ1) is 16.3. The molecule has 116 valence electrons. The molecule has 1 aliphatic carbocycles. The zero-order valence-corrected chi connectivity index (χ0v) is 13.5. The molecule has 1 aromatic rings. The third kappa shape index (κ3) is 3.41. The van der Waals surface area contributed by atoms with Gasteiger partial charge in [-0.3, -0.25) is 4.79 Å². The molecule has 0 saturated carbocycles. The molecule has 3 nitrogen and oxygen atoms in total. The van der Waals surface area contributed by atoms with Crippen molar-refractivity contribution in [2.75, 3.05) is 13.1 Å². The summed E-state index contributed by atoms with van der Waals surface area (Å²) in [6, 6.07) is 8.73. The fourth-order valence-electron chi connectivity index (χ4n) is 3.49. The summed E-state index contributed by atoms with van der Waals surface area (Å²) in [6.07, 6.45) is 5.44. The van der Waals surface area contributed by atoms with E-state index < -0.39 is 0 Å². The minimum Gasteiger partial charge on any atom is -0.349 e. The predicted molar refractivity (Wildman–Crippen MR) is 87.7 cm³/mol. The summed E-state index contributed by atoms with van der Waals surface area (Å²) >= 11 is 0. The van der Waals surface area contributed by atoms with Gasteiger partial charge in [-0.25, -0.2) is 0 Å². The summed E-state index contributed by atoms with van der Waals surface area (Å²) in [5.41, 5.74) is 2.47. The third-order valence-corrected chi connectivity index (χ3v) is 4.82. The lowest BCUT2D eigenvalue weighted by atomic mass is 9.80. The number of fused-ring (bicyclic) bond motifs is 1. The first-order chi connectivity index (χ1) is 9.69. The number of carbonyl (C=O) groups is 1. The van der Waals surface area contributed by atoms with Crippen molar-refractivity contribution >= 4 is 18.3 Å². The molecule has 1 aromatic carbocycles. The van der Waals surface area contributed by atoms with Crippen molar-refractivity contribution in [1.82, 2.24) is 10.6 Å². The van der Waals surface area contributed by atoms with Gasteiger partial charge in [0.2, 0.25) is 5.91 Å². The zero-order valence-electron chi connectivity index (χ0n) is 12.7. The van der Waals surface area contributed by atoms with Gasteiger partial charge in [-0.1, -0.05) is 24.3 Å². The number of hydrogen-bond donors (Lipinski definition) is 2. The largest absolute Gasteiger partial charge is 0.349 e. The second-order valence-corrected chi connectivity index (χ2v) is 6.46. The monoisotopic (exact) mass is 308 g/mol. The van der Waals surface area contributed by atoms with Crippen LogP contribution >= 0.6 is 12.4 Å². The highest BCUT2D eigenvalue weighted by molar-refractivity contribution is 5.85. The van der Waals surface area contributed by atoms with Crippen molar-refractivity contribution < 1.29 is 4.79 Å². The first-order valence-corrected chi connectivity index (χ1v) is 7.78. The summed E-state index contributed by atoms with van der Waals surface area (Å²) in [4.78, 5) is 12.6. The van der Waals surface area contributed by atoms with E-state index in [-0.39, 0.29) is 29.8 Å². The van der Waals surface area contributed by atoms with E-state index >= 15 is 0 Å². The van der Waals surface area contributed by atoms with Crippen LogP contribution in [0.25, 0.3) is 0 Å². The number of aryl methyl sites for hydroxylation is 1. The van der Waals surface area contributed by atoms with Crippen LogP contribution in [0.1, 0.15) is 49.8 Å². The Bertz CT molecular complexity index is 497. The number of hydrogen-bond acceptors (Lipinski definition) is 2. The summed E-state index contributed by atoms with van der Waals surface area (Å²) in [6.45, 7) is 3.92. The Balaban J connectivity index is 0.00000161. The lowest BCUT2D eigenvalue weighted by molar-refractivity contribution is -0.132. The fourth-order valence-corrected chi connectivity index (χ4v) is 3.49. The molecule has 2 N–H and O–H groups in total. The molecule has 1 saturated heterocycles. The molecular formula is C17H25ClN2O. The number of nitrogens with one attached hydrogen (secondary N) is 2. The van der Waals surface area contributed by atoms with E-state index in [1.807, 2.05) is 0 Å². The highest BCUT2D eigenvalue weighted by atomic mass is 35.5. The molecule has 21 heavy (non-hydrogen) atoms. The van der Waals surface area contributed by atoms with E-state index in [4.69, 9.17) is 0 Å². The van der Waals surface area contributed by atoms with Crippen molar-refractivity contribution in [1.29, 1.82) is 0 Å². The van der Waals surface area contributed by atoms with Crippen molar-refractivity contribution in [3.05, 3.63) is 35.4 Å². The minimum absolute atomic E-state index is 0. The molecule has 0 aromatic heterocycles. The van der Waals surface area contributed by atoms with Crippen LogP contribution in [-0.2, 0) is 11.2 Å². The normalized spacial score (nSPS) is 28.1. The van der Waals surface area contributed by atoms with Gasteiger partial charge in [0, 0.05) is 6.54 Å². The van der Waals surface area contributed by atoms with Gasteiger partial charge in [0.25, 0.3) is 0 Å². The van der Waals surface area contributed by atoms with Gasteiger partial charge >= 0.3 is 0 Å². The lowest BCUT2D eigenvalue weighted by Gasteiger charge is -2.35. The molecular weight excluding hydrogens is 284 g/mol. The number of piperidine rings is 1. The Morgan fingerprint density at radius 3 is 2.90 bits per heavy atom. The number of benzene rings is 1. The van der Waals surface area contributed by atoms with E-state index in [9.17, 15) is 4.79 Å². The lowest BCUT2D eigenvalue weighted by Crippen LogP contribution is -2.49. The highest BCUT2D eigenvalue weighted by Crippen LogP contribution is 2.32. The molecule has 1 fully saturated rings. The summed E-state index contributed by atoms with van der Waals surface area (Å²) in [5, 5.41) is 6.66. The topological polar surface area (TPSA) is 41.1 Å². The van der Waals surface area contributed by atoms with Crippen LogP contribution in [0, 0.1) is 5.41 Å². The maximum absolute atomic E-state index is 12.6. The van der Waals surface area contributed by atoms with Crippen molar-refractivity contribution in [2.45, 2.75) is 45.1 Å². The van der Waals surface area contributed by atoms with Gasteiger partial charge in [-0.15, -0.1) is 12.4 Å². The maximum Gasteiger partial charge on any atom is 0.227 e. The van der Waals surface area contributed by atoms with Gasteiger partial charge < -0.3 is 10.6 Å². The quantitative estimate of drug-likeness (QED) is 0.882. The minimum atomic E-state index is -0.245. The van der Waals surface area contributed by atoms with Crippen LogP contribution in [0.3, 0.4) is 0 Å². The fraction of sp³-hybridized carbons (Fsp3) is 0.588. The van der Waals surface area contributed by atoms with Gasteiger partial charge in [0.05, 0.1) is 11.5 Å². The molecule has 0 spiro atoms. The Labute approximate surface area is 133 Å². The molecule has 0 radical (unpaired) electrons. The summed E-state index contributed by atoms with van der Waals surface area (Å²) in [5.74, 6) is 0.214. The smallest absolute Gasteiger partial charge is 0.227 e. The molecule has 1 aliphatic heterocycles. The molecule has 2 aliphatic rings. The van der Waals surface area contributed by atoms with Crippen LogP contribution in [0.15, 0.2) is 24.3 Å². The van der Waals surface area contributed by atoms with E-state index in [2.05, 4.69) is 41.8 Å². The molecule has 2 atom stereocenters. The number of amides is 1. The third-order valence-electron chi connectivity index (χ3n) is 4.82. The molecule has 3 rings (SSSR count). The van der Waals surface area contributed by atoms with Crippen LogP contribution in [0.5, 0.6) is 0 Å². The molecule has 0 bridgehead atoms. The maximum atomic E-state index is 12.6. The van der Waals surface area contributed by atoms with Gasteiger partial charge in [-0.05, 0) is 56.7 Å². The average molecular weight is 309 g/mol. The predicted octanol–water partition coefficient (Wildman–Crippen LogP) is 2.99. The van der Waals surface area contributed by atoms with Crippen LogP contribution in [-0.4, -0.2) is 19.0 Å². The summed E-state index contributed by atoms with van der Waals surface area (Å²) in [7, 11) is 0. The van der Waals surface area contributed by atoms with Gasteiger partial charge in [0.15, 0.2) is 0 Å². The highest BCUT2D eigenvalue weighted by Gasteiger charge is 2.36. The van der Waals surface area contributed by atoms with Crippen LogP contribution in [0.2, 0.25) is 0 Å². The molecule has 1 amide bonds. The average Bonchev–Trinajstić information content (AvgIpc) is 2.48. The molecule has 2 unspecified atom stereocenters. The van der Waals surface area contributed by atoms with E-state index in [1.165, 1.54) is 11.1 Å². The Morgan fingerprint density at radius 2 is 2.14 bits per heavy atom. The van der Waals surface area contributed by atoms with Crippen molar-refractivity contribution in [3.8, 4) is 0 Å². The van der Waals surface area contributed by atoms with Crippen LogP contribution in [0.4, 0.5) is 0 Å². The van der Waals surface area contributed by atoms with E-state index in [0.717, 1.165) is 45.2 Å². The zero-order chi connectivity index (χ0) is 14.0. The van der Waals surface area contributed by atoms with Crippen LogP contribution < -0.4 is 10.6 Å². The number of halogens is 1. The standard InChI is InChI=1S/C17H24N2O.ClH/c1-17(10-5-11-18-12-17)16(20)19-15-9-4-7-13-6-2-3-8-14(13)15;/h2-3,6,8,15,18H,4-5,7,9-12H2,1H3,(H,19,20);1H. The van der Waals surface area contributed by atoms with Gasteiger partial charge in [0.1, 0.15) is 0 Å². The SMILES string of the molecule is CC1(C(=O)NC2CCCc3ccccc32)CCCNC1.Cl. The Kier molecular flexibility index (Phi) is 5.28. The van der Waals surface area contributed by atoms with Gasteiger partial charge in [-0.2, -0.15) is 0 Å². The number of carbonyl (C=O) groups excluding carboxylic acids is 1. The molecule has 1 heterocycles. The van der Waals surface area contributed by atoms with Crippen molar-refractivity contribution in [2.24, 2.45) is 5.41 Å². The second kappa shape index (κ2) is 6.80. The van der Waals surface area contributed by atoms with E-state index in [1.54, 1.807) is 0 Å². The van der Waals surface area contributed by atoms with Crippen molar-refractivity contribution in [3.63, 3.8) is 0 Å². The summed E-state index contributed by atoms with van der Waals surface area (Å²) < 4.78 is 0. The Hall–Kier alpha value is -1.06. The number of rotatable bonds is 2. The second-order valence-electron chi connectivity index (χ2n) is 6.46.